The van der Waals surface area contributed by atoms with E-state index < -0.39 is 0 Å². The van der Waals surface area contributed by atoms with Gasteiger partial charge in [-0.05, 0) is 38.0 Å². The minimum Gasteiger partial charge on any atom is -0.357 e. The lowest BCUT2D eigenvalue weighted by Crippen LogP contribution is -2.39. The third-order valence-electron chi connectivity index (χ3n) is 5.44. The van der Waals surface area contributed by atoms with Gasteiger partial charge in [0.2, 0.25) is 5.95 Å². The molecule has 2 aliphatic heterocycles. The third-order valence-corrected chi connectivity index (χ3v) is 5.44. The van der Waals surface area contributed by atoms with Crippen LogP contribution >= 0.6 is 0 Å². The first-order valence-electron chi connectivity index (χ1n) is 9.68. The number of carbonyl (C=O) groups is 1. The number of aromatic nitrogens is 4. The Kier molecular flexibility index (Phi) is 4.15. The molecule has 0 radical (unpaired) electrons. The van der Waals surface area contributed by atoms with Gasteiger partial charge < -0.3 is 19.6 Å². The zero-order valence-electron chi connectivity index (χ0n) is 16.3. The number of nitrogens with one attached hydrogen (secondary N) is 1. The number of amides is 1. The fourth-order valence-corrected chi connectivity index (χ4v) is 4.05. The van der Waals surface area contributed by atoms with Gasteiger partial charge in [0.1, 0.15) is 11.4 Å². The molecule has 2 aliphatic rings. The molecule has 1 atom stereocenters. The first-order chi connectivity index (χ1) is 14.1. The summed E-state index contributed by atoms with van der Waals surface area (Å²) >= 11 is 0. The summed E-state index contributed by atoms with van der Waals surface area (Å²) in [5.74, 6) is 2.14. The molecule has 2 aromatic heterocycles. The normalized spacial score (nSPS) is 18.4. The molecule has 1 N–H and O–H groups in total. The average molecular weight is 391 g/mol. The van der Waals surface area contributed by atoms with Crippen molar-refractivity contribution in [2.45, 2.75) is 25.8 Å². The monoisotopic (exact) mass is 391 g/mol. The van der Waals surface area contributed by atoms with Gasteiger partial charge >= 0.3 is 0 Å². The highest BCUT2D eigenvalue weighted by Crippen LogP contribution is 2.34. The Morgan fingerprint density at radius 3 is 2.97 bits per heavy atom. The molecule has 1 fully saturated rings. The van der Waals surface area contributed by atoms with Gasteiger partial charge in [0.05, 0.1) is 0 Å². The Balaban J connectivity index is 1.58. The number of hydrogen-bond acceptors (Lipinski definition) is 8. The standard InChI is InChI=1S/C20H21N7O2/c1-12-23-18(29-25-12)13-5-3-6-14(9-13)27-11-15-7-4-8-26(15)17-16(19(27)28)10-22-20(21-2)24-17/h3,5-6,9-10,15H,4,7-8,11H2,1-2H3,(H,21,22,24)/t15-/m0/s1. The molecule has 1 aromatic carbocycles. The van der Waals surface area contributed by atoms with E-state index >= 15 is 0 Å². The van der Waals surface area contributed by atoms with Crippen molar-refractivity contribution in [3.05, 3.63) is 41.9 Å². The second-order valence-electron chi connectivity index (χ2n) is 7.28. The van der Waals surface area contributed by atoms with Crippen molar-refractivity contribution >= 4 is 23.4 Å². The predicted molar refractivity (Wildman–Crippen MR) is 108 cm³/mol. The first-order valence-corrected chi connectivity index (χ1v) is 9.68. The third kappa shape index (κ3) is 2.98. The van der Waals surface area contributed by atoms with Crippen LogP contribution in [0.4, 0.5) is 17.5 Å². The first kappa shape index (κ1) is 17.6. The van der Waals surface area contributed by atoms with Crippen LogP contribution in [0.1, 0.15) is 29.0 Å². The van der Waals surface area contributed by atoms with Gasteiger partial charge in [0.15, 0.2) is 5.82 Å². The summed E-state index contributed by atoms with van der Waals surface area (Å²) in [7, 11) is 1.78. The van der Waals surface area contributed by atoms with E-state index in [1.54, 1.807) is 20.2 Å². The minimum atomic E-state index is -0.101. The highest BCUT2D eigenvalue weighted by atomic mass is 16.5. The number of rotatable bonds is 3. The van der Waals surface area contributed by atoms with Crippen molar-refractivity contribution in [2.24, 2.45) is 0 Å². The fourth-order valence-electron chi connectivity index (χ4n) is 4.05. The van der Waals surface area contributed by atoms with E-state index in [2.05, 4.69) is 30.3 Å². The minimum absolute atomic E-state index is 0.101. The van der Waals surface area contributed by atoms with Crippen LogP contribution in [0, 0.1) is 6.92 Å². The highest BCUT2D eigenvalue weighted by molar-refractivity contribution is 6.10. The van der Waals surface area contributed by atoms with E-state index in [9.17, 15) is 4.79 Å². The number of fused-ring (bicyclic) bond motifs is 3. The molecular weight excluding hydrogens is 370 g/mol. The van der Waals surface area contributed by atoms with E-state index in [0.717, 1.165) is 30.6 Å². The molecule has 9 heteroatoms. The zero-order valence-corrected chi connectivity index (χ0v) is 16.3. The number of benzene rings is 1. The summed E-state index contributed by atoms with van der Waals surface area (Å²) in [4.78, 5) is 30.7. The van der Waals surface area contributed by atoms with Gasteiger partial charge in [0, 0.05) is 43.6 Å². The maximum Gasteiger partial charge on any atom is 0.263 e. The van der Waals surface area contributed by atoms with Crippen LogP contribution in [0.15, 0.2) is 35.0 Å². The molecule has 29 heavy (non-hydrogen) atoms. The number of anilines is 3. The Bertz CT molecular complexity index is 1080. The second-order valence-corrected chi connectivity index (χ2v) is 7.28. The summed E-state index contributed by atoms with van der Waals surface area (Å²) in [6.07, 6.45) is 3.71. The van der Waals surface area contributed by atoms with Crippen LogP contribution in [0.2, 0.25) is 0 Å². The Morgan fingerprint density at radius 2 is 2.17 bits per heavy atom. The molecule has 0 saturated carbocycles. The SMILES string of the molecule is CNc1ncc2c(n1)N1CCC[C@H]1CN(c1cccc(-c3nc(C)no3)c1)C2=O. The van der Waals surface area contributed by atoms with Gasteiger partial charge in [-0.3, -0.25) is 4.79 Å². The molecular formula is C20H21N7O2. The van der Waals surface area contributed by atoms with Gasteiger partial charge in [-0.15, -0.1) is 0 Å². The highest BCUT2D eigenvalue weighted by Gasteiger charge is 2.37. The molecule has 0 unspecified atom stereocenters. The largest absolute Gasteiger partial charge is 0.357 e. The smallest absolute Gasteiger partial charge is 0.263 e. The molecule has 148 valence electrons. The summed E-state index contributed by atoms with van der Waals surface area (Å²) in [5.41, 5.74) is 2.10. The molecule has 0 spiro atoms. The Morgan fingerprint density at radius 1 is 1.28 bits per heavy atom. The van der Waals surface area contributed by atoms with Crippen molar-refractivity contribution in [2.75, 3.05) is 35.3 Å². The molecule has 1 saturated heterocycles. The van der Waals surface area contributed by atoms with Crippen LogP contribution in [0.25, 0.3) is 11.5 Å². The zero-order chi connectivity index (χ0) is 20.0. The average Bonchev–Trinajstić information content (AvgIpc) is 3.37. The van der Waals surface area contributed by atoms with Crippen LogP contribution < -0.4 is 15.1 Å². The van der Waals surface area contributed by atoms with E-state index in [4.69, 9.17) is 4.52 Å². The van der Waals surface area contributed by atoms with Crippen molar-refractivity contribution in [1.29, 1.82) is 0 Å². The van der Waals surface area contributed by atoms with E-state index in [1.807, 2.05) is 29.2 Å². The van der Waals surface area contributed by atoms with E-state index in [1.165, 1.54) is 0 Å². The number of nitrogens with zero attached hydrogens (tertiary/aromatic N) is 6. The lowest BCUT2D eigenvalue weighted by molar-refractivity contribution is 0.0988. The Hall–Kier alpha value is -3.49. The van der Waals surface area contributed by atoms with Crippen LogP contribution in [-0.2, 0) is 0 Å². The predicted octanol–water partition coefficient (Wildman–Crippen LogP) is 2.51. The van der Waals surface area contributed by atoms with Crippen LogP contribution in [0.3, 0.4) is 0 Å². The molecule has 1 amide bonds. The van der Waals surface area contributed by atoms with Crippen LogP contribution in [-0.4, -0.2) is 52.2 Å². The fraction of sp³-hybridized carbons (Fsp3) is 0.350. The molecule has 3 aromatic rings. The second kappa shape index (κ2) is 6.84. The van der Waals surface area contributed by atoms with Crippen molar-refractivity contribution in [3.8, 4) is 11.5 Å². The van der Waals surface area contributed by atoms with Gasteiger partial charge in [-0.2, -0.15) is 9.97 Å². The number of aryl methyl sites for hydroxylation is 1. The van der Waals surface area contributed by atoms with Crippen molar-refractivity contribution in [1.82, 2.24) is 20.1 Å². The van der Waals surface area contributed by atoms with Gasteiger partial charge in [-0.1, -0.05) is 11.2 Å². The van der Waals surface area contributed by atoms with E-state index in [0.29, 0.717) is 35.6 Å². The number of hydrogen-bond donors (Lipinski definition) is 1. The molecule has 0 bridgehead atoms. The summed E-state index contributed by atoms with van der Waals surface area (Å²) < 4.78 is 5.30. The van der Waals surface area contributed by atoms with Gasteiger partial charge in [0.25, 0.3) is 11.8 Å². The summed E-state index contributed by atoms with van der Waals surface area (Å²) in [6.45, 7) is 3.26. The lowest BCUT2D eigenvalue weighted by atomic mass is 10.1. The molecule has 4 heterocycles. The lowest BCUT2D eigenvalue weighted by Gasteiger charge is -2.27. The Labute approximate surface area is 167 Å². The molecule has 5 rings (SSSR count). The van der Waals surface area contributed by atoms with Crippen molar-refractivity contribution in [3.63, 3.8) is 0 Å². The molecule has 0 aliphatic carbocycles. The van der Waals surface area contributed by atoms with Crippen LogP contribution in [0.5, 0.6) is 0 Å². The summed E-state index contributed by atoms with van der Waals surface area (Å²) in [6, 6.07) is 7.86. The summed E-state index contributed by atoms with van der Waals surface area (Å²) in [5, 5.41) is 6.82. The van der Waals surface area contributed by atoms with E-state index in [-0.39, 0.29) is 11.9 Å². The topological polar surface area (TPSA) is 100 Å². The quantitative estimate of drug-likeness (QED) is 0.727. The molecule has 9 nitrogen and oxygen atoms in total. The maximum absolute atomic E-state index is 13.5. The van der Waals surface area contributed by atoms with Gasteiger partial charge in [-0.25, -0.2) is 4.98 Å². The number of carbonyl (C=O) groups excluding carboxylic acids is 1. The maximum atomic E-state index is 13.5. The van der Waals surface area contributed by atoms with Crippen molar-refractivity contribution < 1.29 is 9.32 Å².